The van der Waals surface area contributed by atoms with Gasteiger partial charge in [-0.3, -0.25) is 9.59 Å². The molecule has 1 aromatic carbocycles. The lowest BCUT2D eigenvalue weighted by Gasteiger charge is -2.08. The summed E-state index contributed by atoms with van der Waals surface area (Å²) in [5, 5.41) is 8.85. The van der Waals surface area contributed by atoms with Crippen molar-refractivity contribution in [2.75, 3.05) is 0 Å². The number of benzene rings is 1. The molecule has 0 heterocycles. The summed E-state index contributed by atoms with van der Waals surface area (Å²) < 4.78 is 5.35. The summed E-state index contributed by atoms with van der Waals surface area (Å²) in [6, 6.07) is 5.95. The van der Waals surface area contributed by atoms with Gasteiger partial charge in [0.25, 0.3) is 0 Å². The number of carbonyl (C=O) groups is 2. The summed E-state index contributed by atoms with van der Waals surface area (Å²) in [4.78, 5) is 22.8. The Labute approximate surface area is 188 Å². The zero-order valence-corrected chi connectivity index (χ0v) is 19.4. The zero-order valence-electron chi connectivity index (χ0n) is 19.4. The van der Waals surface area contributed by atoms with Crippen LogP contribution in [0.25, 0.3) is 0 Å². The maximum absolute atomic E-state index is 12.0. The minimum atomic E-state index is -1.02. The zero-order chi connectivity index (χ0) is 22.7. The highest BCUT2D eigenvalue weighted by atomic mass is 16.5. The number of rotatable bonds is 19. The molecule has 31 heavy (non-hydrogen) atoms. The second-order valence-corrected chi connectivity index (χ2v) is 8.61. The fourth-order valence-electron chi connectivity index (χ4n) is 3.68. The number of hydrogen-bond donors (Lipinski definition) is 2. The van der Waals surface area contributed by atoms with E-state index in [4.69, 9.17) is 15.6 Å². The largest absolute Gasteiger partial charge is 0.480 e. The average molecular weight is 434 g/mol. The molecule has 3 N–H and O–H groups in total. The van der Waals surface area contributed by atoms with Crippen LogP contribution in [0.5, 0.6) is 5.75 Å². The van der Waals surface area contributed by atoms with Gasteiger partial charge < -0.3 is 15.6 Å². The van der Waals surface area contributed by atoms with Crippen LogP contribution in [0.2, 0.25) is 0 Å². The van der Waals surface area contributed by atoms with Gasteiger partial charge in [0.1, 0.15) is 11.8 Å². The van der Waals surface area contributed by atoms with Crippen LogP contribution in [0, 0.1) is 0 Å². The van der Waals surface area contributed by atoms with Gasteiger partial charge in [-0.2, -0.15) is 0 Å². The third-order valence-corrected chi connectivity index (χ3v) is 5.66. The fourth-order valence-corrected chi connectivity index (χ4v) is 3.68. The van der Waals surface area contributed by atoms with Crippen molar-refractivity contribution >= 4 is 11.9 Å². The smallest absolute Gasteiger partial charge is 0.320 e. The first-order chi connectivity index (χ1) is 15.0. The van der Waals surface area contributed by atoms with E-state index in [-0.39, 0.29) is 12.4 Å². The van der Waals surface area contributed by atoms with Crippen LogP contribution in [-0.2, 0) is 16.0 Å². The van der Waals surface area contributed by atoms with E-state index in [1.165, 1.54) is 77.0 Å². The molecule has 0 aromatic heterocycles. The van der Waals surface area contributed by atoms with E-state index in [2.05, 4.69) is 6.92 Å². The molecule has 0 fully saturated rings. The van der Waals surface area contributed by atoms with Crippen LogP contribution >= 0.6 is 0 Å². The molecule has 0 aliphatic heterocycles. The van der Waals surface area contributed by atoms with Crippen molar-refractivity contribution in [2.24, 2.45) is 5.73 Å². The van der Waals surface area contributed by atoms with Gasteiger partial charge in [0.05, 0.1) is 0 Å². The number of carboxylic acids is 1. The van der Waals surface area contributed by atoms with E-state index in [0.717, 1.165) is 18.4 Å². The first-order valence-electron chi connectivity index (χ1n) is 12.3. The van der Waals surface area contributed by atoms with Gasteiger partial charge in [0, 0.05) is 6.42 Å². The molecular formula is C26H43NO4. The molecule has 0 aliphatic rings. The van der Waals surface area contributed by atoms with Gasteiger partial charge in [-0.1, -0.05) is 103 Å². The molecule has 0 aliphatic carbocycles. The molecule has 1 atom stereocenters. The minimum Gasteiger partial charge on any atom is -0.480 e. The van der Waals surface area contributed by atoms with Gasteiger partial charge in [-0.15, -0.1) is 0 Å². The van der Waals surface area contributed by atoms with Gasteiger partial charge >= 0.3 is 11.9 Å². The first-order valence-corrected chi connectivity index (χ1v) is 12.3. The quantitative estimate of drug-likeness (QED) is 0.149. The summed E-state index contributed by atoms with van der Waals surface area (Å²) >= 11 is 0. The van der Waals surface area contributed by atoms with Crippen molar-refractivity contribution in [1.82, 2.24) is 0 Å². The van der Waals surface area contributed by atoms with Crippen LogP contribution in [0.4, 0.5) is 0 Å². The highest BCUT2D eigenvalue weighted by molar-refractivity contribution is 5.73. The summed E-state index contributed by atoms with van der Waals surface area (Å²) in [5.41, 5.74) is 6.33. The van der Waals surface area contributed by atoms with Crippen molar-refractivity contribution in [1.29, 1.82) is 0 Å². The monoisotopic (exact) mass is 433 g/mol. The van der Waals surface area contributed by atoms with Crippen LogP contribution in [0.3, 0.4) is 0 Å². The Bertz CT molecular complexity index is 600. The second kappa shape index (κ2) is 17.8. The number of ether oxygens (including phenoxy) is 1. The molecule has 0 radical (unpaired) electrons. The van der Waals surface area contributed by atoms with Gasteiger partial charge in [0.2, 0.25) is 0 Å². The molecule has 5 heteroatoms. The molecule has 0 spiro atoms. The molecule has 0 amide bonds. The van der Waals surface area contributed by atoms with Crippen molar-refractivity contribution in [3.05, 3.63) is 29.8 Å². The number of esters is 1. The highest BCUT2D eigenvalue weighted by Gasteiger charge is 2.12. The van der Waals surface area contributed by atoms with E-state index in [9.17, 15) is 9.59 Å². The molecule has 0 saturated heterocycles. The lowest BCUT2D eigenvalue weighted by atomic mass is 10.0. The Hall–Kier alpha value is -1.88. The molecule has 0 saturated carbocycles. The maximum Gasteiger partial charge on any atom is 0.320 e. The minimum absolute atomic E-state index is 0.214. The van der Waals surface area contributed by atoms with Crippen LogP contribution in [-0.4, -0.2) is 23.1 Å². The average Bonchev–Trinajstić information content (AvgIpc) is 2.75. The summed E-state index contributed by atoms with van der Waals surface area (Å²) in [6.45, 7) is 2.26. The van der Waals surface area contributed by atoms with Gasteiger partial charge in [-0.25, -0.2) is 0 Å². The van der Waals surface area contributed by atoms with Crippen molar-refractivity contribution < 1.29 is 19.4 Å². The molecule has 1 aromatic rings. The highest BCUT2D eigenvalue weighted by Crippen LogP contribution is 2.16. The molecule has 5 nitrogen and oxygen atoms in total. The number of carboxylic acid groups (broad SMARTS) is 1. The predicted octanol–water partition coefficient (Wildman–Crippen LogP) is 6.42. The Kier molecular flexibility index (Phi) is 15.6. The van der Waals surface area contributed by atoms with E-state index in [0.29, 0.717) is 12.2 Å². The Morgan fingerprint density at radius 2 is 1.26 bits per heavy atom. The normalized spacial score (nSPS) is 11.9. The Morgan fingerprint density at radius 3 is 1.71 bits per heavy atom. The van der Waals surface area contributed by atoms with E-state index in [1.807, 2.05) is 0 Å². The SMILES string of the molecule is CCCCCCCCCCCCCCCCC(=O)Oc1ccc(C[C@H](N)C(=O)O)cc1. The molecular weight excluding hydrogens is 390 g/mol. The number of nitrogens with two attached hydrogens (primary N) is 1. The molecule has 0 unspecified atom stereocenters. The lowest BCUT2D eigenvalue weighted by Crippen LogP contribution is -2.32. The molecule has 1 rings (SSSR count). The van der Waals surface area contributed by atoms with Crippen LogP contribution in [0.1, 0.15) is 109 Å². The van der Waals surface area contributed by atoms with Crippen molar-refractivity contribution in [3.8, 4) is 5.75 Å². The van der Waals surface area contributed by atoms with E-state index >= 15 is 0 Å². The summed E-state index contributed by atoms with van der Waals surface area (Å²) in [5.74, 6) is -0.749. The maximum atomic E-state index is 12.0. The number of carbonyl (C=O) groups excluding carboxylic acids is 1. The third-order valence-electron chi connectivity index (χ3n) is 5.66. The molecule has 0 bridgehead atoms. The van der Waals surface area contributed by atoms with Crippen molar-refractivity contribution in [2.45, 2.75) is 116 Å². The first kappa shape index (κ1) is 27.2. The fraction of sp³-hybridized carbons (Fsp3) is 0.692. The number of hydrogen-bond acceptors (Lipinski definition) is 4. The van der Waals surface area contributed by atoms with Crippen molar-refractivity contribution in [3.63, 3.8) is 0 Å². The summed E-state index contributed by atoms with van der Waals surface area (Å²) in [7, 11) is 0. The Morgan fingerprint density at radius 1 is 0.806 bits per heavy atom. The second-order valence-electron chi connectivity index (χ2n) is 8.61. The van der Waals surface area contributed by atoms with Crippen LogP contribution < -0.4 is 10.5 Å². The van der Waals surface area contributed by atoms with E-state index in [1.54, 1.807) is 24.3 Å². The standard InChI is InChI=1S/C26H43NO4/c1-2-3-4-5-6-7-8-9-10-11-12-13-14-15-16-25(28)31-23-19-17-22(18-20-23)21-24(27)26(29)30/h17-20,24H,2-16,21,27H2,1H3,(H,29,30)/t24-/m0/s1. The topological polar surface area (TPSA) is 89.6 Å². The molecule has 176 valence electrons. The predicted molar refractivity (Wildman–Crippen MR) is 126 cm³/mol. The van der Waals surface area contributed by atoms with Crippen LogP contribution in [0.15, 0.2) is 24.3 Å². The third kappa shape index (κ3) is 14.7. The number of aliphatic carboxylic acids is 1. The number of unbranched alkanes of at least 4 members (excludes halogenated alkanes) is 13. The van der Waals surface area contributed by atoms with Gasteiger partial charge in [0.15, 0.2) is 0 Å². The van der Waals surface area contributed by atoms with Gasteiger partial charge in [-0.05, 0) is 30.5 Å². The Balaban J connectivity index is 1.97. The lowest BCUT2D eigenvalue weighted by molar-refractivity contribution is -0.138. The van der Waals surface area contributed by atoms with E-state index < -0.39 is 12.0 Å². The summed E-state index contributed by atoms with van der Waals surface area (Å²) in [6.07, 6.45) is 18.8.